The van der Waals surface area contributed by atoms with Crippen LogP contribution in [0.25, 0.3) is 10.8 Å². The number of benzene rings is 7. The van der Waals surface area contributed by atoms with E-state index >= 15 is 0 Å². The third kappa shape index (κ3) is 8.09. The third-order valence-corrected chi connectivity index (χ3v) is 11.3. The zero-order chi connectivity index (χ0) is 42.0. The van der Waals surface area contributed by atoms with E-state index < -0.39 is 0 Å². The highest BCUT2D eigenvalue weighted by Gasteiger charge is 2.23. The monoisotopic (exact) mass is 783 g/mol. The van der Waals surface area contributed by atoms with E-state index in [9.17, 15) is 20.2 Å². The van der Waals surface area contributed by atoms with E-state index in [1.165, 1.54) is 22.3 Å². The summed E-state index contributed by atoms with van der Waals surface area (Å²) in [6.07, 6.45) is 0. The van der Waals surface area contributed by atoms with Gasteiger partial charge in [0, 0.05) is 82.8 Å². The summed E-state index contributed by atoms with van der Waals surface area (Å²) < 4.78 is 0. The zero-order valence-corrected chi connectivity index (χ0v) is 34.6. The molecule has 59 heavy (non-hydrogen) atoms. The van der Waals surface area contributed by atoms with E-state index in [1.54, 1.807) is 24.3 Å². The van der Waals surface area contributed by atoms with E-state index in [2.05, 4.69) is 147 Å². The van der Waals surface area contributed by atoms with Crippen LogP contribution in [0.3, 0.4) is 0 Å². The van der Waals surface area contributed by atoms with Crippen molar-refractivity contribution in [2.45, 2.75) is 54.4 Å². The van der Waals surface area contributed by atoms with Gasteiger partial charge < -0.3 is 15.1 Å². The third-order valence-electron chi connectivity index (χ3n) is 11.3. The fourth-order valence-corrected chi connectivity index (χ4v) is 8.54. The molecule has 298 valence electrons. The molecule has 0 aliphatic heterocycles. The second-order valence-electron chi connectivity index (χ2n) is 15.2. The number of fused-ring (bicyclic) bond motifs is 1. The van der Waals surface area contributed by atoms with E-state index in [0.29, 0.717) is 13.1 Å². The van der Waals surface area contributed by atoms with Gasteiger partial charge in [0.2, 0.25) is 0 Å². The standard InChI is InChI=1S/C50H49N5O4/c1-8-52(47-26-22-41(54(56)57)30-33(47)4)39-18-14-37(15-19-39)49(38-16-20-40(21-17-38)53(9-2)48-27-23-42(55(58)59)31-34(48)5)45-24-25-46(44-13-11-10-12-43(44)45)51-50-35(6)28-32(3)29-36(50)7/h10-31,49,51H,8-9H2,1-7H3. The number of non-ortho nitro benzene ring substituents is 2. The molecule has 7 aromatic rings. The van der Waals surface area contributed by atoms with Gasteiger partial charge in [0.25, 0.3) is 11.4 Å². The summed E-state index contributed by atoms with van der Waals surface area (Å²) in [7, 11) is 0. The Balaban J connectivity index is 1.33. The van der Waals surface area contributed by atoms with Gasteiger partial charge in [-0.05, 0) is 135 Å². The van der Waals surface area contributed by atoms with Crippen molar-refractivity contribution < 1.29 is 9.85 Å². The number of rotatable bonds is 13. The highest BCUT2D eigenvalue weighted by Crippen LogP contribution is 2.42. The predicted molar refractivity (Wildman–Crippen MR) is 243 cm³/mol. The average Bonchev–Trinajstić information content (AvgIpc) is 3.22. The molecule has 0 spiro atoms. The van der Waals surface area contributed by atoms with Crippen LogP contribution < -0.4 is 15.1 Å². The van der Waals surface area contributed by atoms with Crippen LogP contribution in [-0.2, 0) is 0 Å². The summed E-state index contributed by atoms with van der Waals surface area (Å²) in [5.41, 5.74) is 14.9. The number of nitrogens with one attached hydrogen (secondary N) is 1. The maximum Gasteiger partial charge on any atom is 0.269 e. The van der Waals surface area contributed by atoms with Crippen LogP contribution in [0.2, 0.25) is 0 Å². The van der Waals surface area contributed by atoms with Crippen LogP contribution in [0.1, 0.15) is 64.3 Å². The first-order chi connectivity index (χ1) is 28.4. The maximum absolute atomic E-state index is 11.5. The Morgan fingerprint density at radius 2 is 1.00 bits per heavy atom. The molecule has 0 saturated heterocycles. The largest absolute Gasteiger partial charge is 0.355 e. The molecule has 0 unspecified atom stereocenters. The Morgan fingerprint density at radius 1 is 0.542 bits per heavy atom. The van der Waals surface area contributed by atoms with E-state index in [1.807, 2.05) is 26.0 Å². The quantitative estimate of drug-likeness (QED) is 0.0705. The highest BCUT2D eigenvalue weighted by molar-refractivity contribution is 5.98. The van der Waals surface area contributed by atoms with Gasteiger partial charge in [0.1, 0.15) is 0 Å². The van der Waals surface area contributed by atoms with Crippen LogP contribution >= 0.6 is 0 Å². The van der Waals surface area contributed by atoms with Crippen molar-refractivity contribution in [2.75, 3.05) is 28.2 Å². The van der Waals surface area contributed by atoms with Gasteiger partial charge in [-0.2, -0.15) is 0 Å². The molecule has 0 aromatic heterocycles. The first-order valence-electron chi connectivity index (χ1n) is 20.0. The number of nitro benzene ring substituents is 2. The normalized spacial score (nSPS) is 11.2. The minimum atomic E-state index is -0.359. The summed E-state index contributed by atoms with van der Waals surface area (Å²) in [4.78, 5) is 26.6. The summed E-state index contributed by atoms with van der Waals surface area (Å²) in [6.45, 7) is 15.8. The average molecular weight is 784 g/mol. The molecule has 0 heterocycles. The SMILES string of the molecule is CCN(c1ccc(C(c2ccc(N(CC)c3ccc([N+](=O)[O-])cc3C)cc2)c2ccc(Nc3c(C)cc(C)cc3C)c3ccccc23)cc1)c1ccc([N+](=O)[O-])cc1C. The Kier molecular flexibility index (Phi) is 11.5. The fraction of sp³-hybridized carbons (Fsp3) is 0.200. The molecule has 9 heteroatoms. The number of aryl methyl sites for hydroxylation is 5. The lowest BCUT2D eigenvalue weighted by molar-refractivity contribution is -0.385. The van der Waals surface area contributed by atoms with Crippen LogP contribution in [0.5, 0.6) is 0 Å². The van der Waals surface area contributed by atoms with Crippen molar-refractivity contribution in [3.63, 3.8) is 0 Å². The highest BCUT2D eigenvalue weighted by atomic mass is 16.6. The van der Waals surface area contributed by atoms with Crippen LogP contribution in [0.15, 0.2) is 133 Å². The molecular weight excluding hydrogens is 735 g/mol. The summed E-state index contributed by atoms with van der Waals surface area (Å²) in [5.74, 6) is -0.132. The molecule has 0 aliphatic carbocycles. The van der Waals surface area contributed by atoms with Gasteiger partial charge in [0.05, 0.1) is 9.85 Å². The molecule has 0 saturated carbocycles. The van der Waals surface area contributed by atoms with Gasteiger partial charge in [-0.15, -0.1) is 0 Å². The Hall–Kier alpha value is -7.00. The number of nitrogens with zero attached hydrogens (tertiary/aromatic N) is 4. The molecule has 0 fully saturated rings. The summed E-state index contributed by atoms with van der Waals surface area (Å²) in [6, 6.07) is 44.8. The topological polar surface area (TPSA) is 105 Å². The molecule has 0 radical (unpaired) electrons. The van der Waals surface area contributed by atoms with Crippen molar-refractivity contribution in [1.29, 1.82) is 0 Å². The minimum Gasteiger partial charge on any atom is -0.355 e. The van der Waals surface area contributed by atoms with Crippen molar-refractivity contribution in [2.24, 2.45) is 0 Å². The summed E-state index contributed by atoms with van der Waals surface area (Å²) in [5, 5.41) is 29.0. The lowest BCUT2D eigenvalue weighted by Crippen LogP contribution is -2.17. The van der Waals surface area contributed by atoms with Crippen LogP contribution in [-0.4, -0.2) is 22.9 Å². The van der Waals surface area contributed by atoms with Crippen molar-refractivity contribution in [3.05, 3.63) is 198 Å². The molecule has 0 aliphatic rings. The lowest BCUT2D eigenvalue weighted by Gasteiger charge is -2.28. The van der Waals surface area contributed by atoms with Crippen molar-refractivity contribution in [1.82, 2.24) is 0 Å². The number of hydrogen-bond acceptors (Lipinski definition) is 7. The van der Waals surface area contributed by atoms with Gasteiger partial charge in [-0.1, -0.05) is 72.3 Å². The fourth-order valence-electron chi connectivity index (χ4n) is 8.54. The molecule has 0 bridgehead atoms. The van der Waals surface area contributed by atoms with Crippen LogP contribution in [0, 0.1) is 54.8 Å². The number of nitro groups is 2. The molecule has 0 atom stereocenters. The van der Waals surface area contributed by atoms with E-state index in [4.69, 9.17) is 0 Å². The predicted octanol–water partition coefficient (Wildman–Crippen LogP) is 13.4. The second-order valence-corrected chi connectivity index (χ2v) is 15.2. The van der Waals surface area contributed by atoms with Gasteiger partial charge in [0.15, 0.2) is 0 Å². The Morgan fingerprint density at radius 3 is 1.42 bits per heavy atom. The van der Waals surface area contributed by atoms with Crippen molar-refractivity contribution in [3.8, 4) is 0 Å². The molecule has 7 aromatic carbocycles. The molecule has 7 rings (SSSR count). The zero-order valence-electron chi connectivity index (χ0n) is 34.6. The van der Waals surface area contributed by atoms with Crippen molar-refractivity contribution >= 4 is 56.3 Å². The molecule has 1 N–H and O–H groups in total. The van der Waals surface area contributed by atoms with E-state index in [0.717, 1.165) is 67.2 Å². The first-order valence-corrected chi connectivity index (χ1v) is 20.0. The molecule has 0 amide bonds. The number of hydrogen-bond donors (Lipinski definition) is 1. The second kappa shape index (κ2) is 16.8. The van der Waals surface area contributed by atoms with Gasteiger partial charge in [-0.25, -0.2) is 0 Å². The van der Waals surface area contributed by atoms with Crippen LogP contribution in [0.4, 0.5) is 45.5 Å². The lowest BCUT2D eigenvalue weighted by atomic mass is 9.82. The first kappa shape index (κ1) is 40.2. The number of anilines is 6. The Bertz CT molecular complexity index is 2550. The molecule has 9 nitrogen and oxygen atoms in total. The summed E-state index contributed by atoms with van der Waals surface area (Å²) >= 11 is 0. The molecular formula is C50H49N5O4. The minimum absolute atomic E-state index is 0.0778. The van der Waals surface area contributed by atoms with Gasteiger partial charge in [-0.3, -0.25) is 20.2 Å². The van der Waals surface area contributed by atoms with E-state index in [-0.39, 0.29) is 27.1 Å². The Labute approximate surface area is 345 Å². The maximum atomic E-state index is 11.5. The smallest absolute Gasteiger partial charge is 0.269 e. The van der Waals surface area contributed by atoms with Gasteiger partial charge >= 0.3 is 0 Å².